The lowest BCUT2D eigenvalue weighted by atomic mass is 9.63. The second-order valence-corrected chi connectivity index (χ2v) is 7.49. The van der Waals surface area contributed by atoms with E-state index in [2.05, 4.69) is 50.5 Å². The summed E-state index contributed by atoms with van der Waals surface area (Å²) >= 11 is 0. The molecule has 1 fully saturated rings. The first-order valence-corrected chi connectivity index (χ1v) is 7.55. The normalized spacial score (nSPS) is 30.5. The van der Waals surface area contributed by atoms with E-state index in [-0.39, 0.29) is 5.54 Å². The molecule has 0 bridgehead atoms. The average molecular weight is 263 g/mol. The lowest BCUT2D eigenvalue weighted by Gasteiger charge is -2.45. The molecule has 2 atom stereocenters. The smallest absolute Gasteiger partial charge is 0.0596 e. The minimum absolute atomic E-state index is 0.0689. The van der Waals surface area contributed by atoms with Crippen LogP contribution in [0.2, 0.25) is 0 Å². The Hall–Kier alpha value is -0.830. The second-order valence-electron chi connectivity index (χ2n) is 7.49. The summed E-state index contributed by atoms with van der Waals surface area (Å²) in [6.45, 7) is 12.2. The van der Waals surface area contributed by atoms with Crippen molar-refractivity contribution >= 4 is 0 Å². The summed E-state index contributed by atoms with van der Waals surface area (Å²) in [5.74, 6) is 0.716. The fraction of sp³-hybridized carbons (Fsp3) is 0.812. The summed E-state index contributed by atoms with van der Waals surface area (Å²) < 4.78 is 2.11. The van der Waals surface area contributed by atoms with E-state index in [0.29, 0.717) is 11.3 Å². The van der Waals surface area contributed by atoms with Gasteiger partial charge < -0.3 is 5.73 Å². The van der Waals surface area contributed by atoms with Gasteiger partial charge in [-0.1, -0.05) is 20.8 Å². The van der Waals surface area contributed by atoms with Crippen LogP contribution in [0.4, 0.5) is 0 Å². The predicted molar refractivity (Wildman–Crippen MR) is 80.1 cm³/mol. The Labute approximate surface area is 117 Å². The molecule has 3 nitrogen and oxygen atoms in total. The quantitative estimate of drug-likeness (QED) is 0.909. The van der Waals surface area contributed by atoms with Crippen molar-refractivity contribution in [3.05, 3.63) is 17.5 Å². The molecule has 1 aliphatic rings. The van der Waals surface area contributed by atoms with Crippen molar-refractivity contribution in [1.82, 2.24) is 9.78 Å². The van der Waals surface area contributed by atoms with E-state index in [9.17, 15) is 0 Å². The van der Waals surface area contributed by atoms with Crippen LogP contribution in [0.25, 0.3) is 0 Å². The summed E-state index contributed by atoms with van der Waals surface area (Å²) in [5, 5.41) is 4.54. The van der Waals surface area contributed by atoms with Gasteiger partial charge >= 0.3 is 0 Å². The van der Waals surface area contributed by atoms with Crippen LogP contribution in [0.3, 0.4) is 0 Å². The number of aromatic nitrogens is 2. The van der Waals surface area contributed by atoms with E-state index >= 15 is 0 Å². The Kier molecular flexibility index (Phi) is 3.78. The van der Waals surface area contributed by atoms with Gasteiger partial charge in [0.25, 0.3) is 0 Å². The van der Waals surface area contributed by atoms with Crippen LogP contribution in [0, 0.1) is 18.3 Å². The van der Waals surface area contributed by atoms with Crippen LogP contribution in [-0.2, 0) is 13.0 Å². The number of hydrogen-bond donors (Lipinski definition) is 1. The first kappa shape index (κ1) is 14.6. The molecule has 0 spiro atoms. The van der Waals surface area contributed by atoms with E-state index in [1.165, 1.54) is 12.1 Å². The molecule has 2 unspecified atom stereocenters. The van der Waals surface area contributed by atoms with Crippen molar-refractivity contribution in [2.45, 2.75) is 72.4 Å². The van der Waals surface area contributed by atoms with Crippen LogP contribution in [-0.4, -0.2) is 15.3 Å². The van der Waals surface area contributed by atoms with Gasteiger partial charge in [0.2, 0.25) is 0 Å². The molecule has 2 rings (SSSR count). The highest BCUT2D eigenvalue weighted by atomic mass is 15.3. The molecule has 2 N–H and O–H groups in total. The van der Waals surface area contributed by atoms with Crippen molar-refractivity contribution in [3.8, 4) is 0 Å². The lowest BCUT2D eigenvalue weighted by molar-refractivity contribution is 0.107. The highest BCUT2D eigenvalue weighted by molar-refractivity contribution is 5.14. The highest BCUT2D eigenvalue weighted by Gasteiger charge is 2.40. The number of aryl methyl sites for hydroxylation is 2. The van der Waals surface area contributed by atoms with E-state index in [1.54, 1.807) is 0 Å². The van der Waals surface area contributed by atoms with Crippen LogP contribution >= 0.6 is 0 Å². The molecule has 108 valence electrons. The topological polar surface area (TPSA) is 43.8 Å². The van der Waals surface area contributed by atoms with Crippen molar-refractivity contribution in [2.24, 2.45) is 17.1 Å². The maximum atomic E-state index is 6.75. The van der Waals surface area contributed by atoms with E-state index in [4.69, 9.17) is 5.73 Å². The maximum Gasteiger partial charge on any atom is 0.0596 e. The fourth-order valence-corrected chi connectivity index (χ4v) is 4.32. The van der Waals surface area contributed by atoms with Gasteiger partial charge in [0, 0.05) is 24.2 Å². The zero-order valence-electron chi connectivity index (χ0n) is 13.2. The number of rotatable bonds is 3. The van der Waals surface area contributed by atoms with Gasteiger partial charge in [0.15, 0.2) is 0 Å². The number of nitrogens with zero attached hydrogens (tertiary/aromatic N) is 2. The summed E-state index contributed by atoms with van der Waals surface area (Å²) in [4.78, 5) is 0. The first-order valence-electron chi connectivity index (χ1n) is 7.55. The largest absolute Gasteiger partial charge is 0.325 e. The van der Waals surface area contributed by atoms with Crippen molar-refractivity contribution in [3.63, 3.8) is 0 Å². The maximum absolute atomic E-state index is 6.75. The second kappa shape index (κ2) is 4.93. The van der Waals surface area contributed by atoms with Gasteiger partial charge in [-0.15, -0.1) is 0 Å². The Balaban J connectivity index is 2.20. The molecule has 1 saturated carbocycles. The standard InChI is InChI=1S/C16H29N3/c1-6-19-14(7-13(3)18-19)10-16(17)9-12(2)8-15(4,5)11-16/h7,12H,6,8-11,17H2,1-5H3. The molecular weight excluding hydrogens is 234 g/mol. The van der Waals surface area contributed by atoms with Crippen LogP contribution in [0.5, 0.6) is 0 Å². The minimum Gasteiger partial charge on any atom is -0.325 e. The first-order chi connectivity index (χ1) is 8.73. The van der Waals surface area contributed by atoms with Gasteiger partial charge in [0.05, 0.1) is 5.69 Å². The third-order valence-corrected chi connectivity index (χ3v) is 4.30. The summed E-state index contributed by atoms with van der Waals surface area (Å²) in [6.07, 6.45) is 4.48. The van der Waals surface area contributed by atoms with Gasteiger partial charge in [-0.05, 0) is 50.5 Å². The average Bonchev–Trinajstić information content (AvgIpc) is 2.53. The van der Waals surface area contributed by atoms with E-state index in [0.717, 1.165) is 31.5 Å². The zero-order valence-corrected chi connectivity index (χ0v) is 13.2. The van der Waals surface area contributed by atoms with Crippen LogP contribution < -0.4 is 5.73 Å². The summed E-state index contributed by atoms with van der Waals surface area (Å²) in [6, 6.07) is 2.20. The monoisotopic (exact) mass is 263 g/mol. The molecule has 0 saturated heterocycles. The van der Waals surface area contributed by atoms with Gasteiger partial charge in [-0.3, -0.25) is 4.68 Å². The Morgan fingerprint density at radius 3 is 2.68 bits per heavy atom. The Morgan fingerprint density at radius 1 is 1.42 bits per heavy atom. The third-order valence-electron chi connectivity index (χ3n) is 4.30. The predicted octanol–water partition coefficient (Wildman–Crippen LogP) is 3.30. The van der Waals surface area contributed by atoms with Crippen LogP contribution in [0.1, 0.15) is 58.3 Å². The SMILES string of the molecule is CCn1nc(C)cc1CC1(N)CC(C)CC(C)(C)C1. The molecule has 19 heavy (non-hydrogen) atoms. The lowest BCUT2D eigenvalue weighted by Crippen LogP contribution is -2.51. The minimum atomic E-state index is -0.0689. The number of nitrogens with two attached hydrogens (primary N) is 1. The van der Waals surface area contributed by atoms with Gasteiger partial charge in [0.1, 0.15) is 0 Å². The third kappa shape index (κ3) is 3.38. The number of hydrogen-bond acceptors (Lipinski definition) is 2. The van der Waals surface area contributed by atoms with E-state index < -0.39 is 0 Å². The van der Waals surface area contributed by atoms with Crippen molar-refractivity contribution in [2.75, 3.05) is 0 Å². The highest BCUT2D eigenvalue weighted by Crippen LogP contribution is 2.43. The fourth-order valence-electron chi connectivity index (χ4n) is 4.32. The molecule has 3 heteroatoms. The van der Waals surface area contributed by atoms with Crippen LogP contribution in [0.15, 0.2) is 6.07 Å². The van der Waals surface area contributed by atoms with Crippen molar-refractivity contribution < 1.29 is 0 Å². The molecule has 1 heterocycles. The zero-order chi connectivity index (χ0) is 14.3. The summed E-state index contributed by atoms with van der Waals surface area (Å²) in [7, 11) is 0. The van der Waals surface area contributed by atoms with Gasteiger partial charge in [-0.2, -0.15) is 5.10 Å². The molecule has 0 amide bonds. The summed E-state index contributed by atoms with van der Waals surface area (Å²) in [5.41, 5.74) is 9.44. The Bertz CT molecular complexity index is 447. The molecule has 0 aliphatic heterocycles. The molecule has 1 aliphatic carbocycles. The molecule has 0 radical (unpaired) electrons. The molecule has 1 aromatic rings. The molecular formula is C16H29N3. The van der Waals surface area contributed by atoms with Gasteiger partial charge in [-0.25, -0.2) is 0 Å². The van der Waals surface area contributed by atoms with E-state index in [1.807, 2.05) is 0 Å². The Morgan fingerprint density at radius 2 is 2.11 bits per heavy atom. The molecule has 1 aromatic heterocycles. The van der Waals surface area contributed by atoms with Crippen molar-refractivity contribution in [1.29, 1.82) is 0 Å². The molecule has 0 aromatic carbocycles.